The Morgan fingerprint density at radius 2 is 1.88 bits per heavy atom. The summed E-state index contributed by atoms with van der Waals surface area (Å²) in [5.41, 5.74) is -0.796. The normalized spacial score (nSPS) is 43.3. The van der Waals surface area contributed by atoms with Crippen molar-refractivity contribution >= 4 is 18.0 Å². The Hall–Kier alpha value is -1.45. The predicted molar refractivity (Wildman–Crippen MR) is 95.0 cm³/mol. The molecule has 2 saturated carbocycles. The van der Waals surface area contributed by atoms with E-state index in [0.29, 0.717) is 24.7 Å². The fourth-order valence-electron chi connectivity index (χ4n) is 6.50. The van der Waals surface area contributed by atoms with E-state index in [-0.39, 0.29) is 34.5 Å². The summed E-state index contributed by atoms with van der Waals surface area (Å²) in [4.78, 5) is 36.8. The van der Waals surface area contributed by atoms with E-state index in [1.165, 1.54) is 6.42 Å². The molecule has 0 aromatic heterocycles. The van der Waals surface area contributed by atoms with Crippen molar-refractivity contribution in [3.05, 3.63) is 11.6 Å². The fourth-order valence-corrected chi connectivity index (χ4v) is 6.50. The fraction of sp³-hybridized carbons (Fsp3) is 0.762. The molecule has 2 unspecified atom stereocenters. The van der Waals surface area contributed by atoms with Crippen LogP contribution < -0.4 is 0 Å². The maximum Gasteiger partial charge on any atom is 0.331 e. The molecular weight excluding hydrogens is 316 g/mol. The molecule has 138 valence electrons. The number of aliphatic carboxylic acids is 1. The molecular formula is C21H30O4. The first-order valence-corrected chi connectivity index (χ1v) is 9.51. The third kappa shape index (κ3) is 2.43. The van der Waals surface area contributed by atoms with Gasteiger partial charge in [0.1, 0.15) is 6.29 Å². The molecule has 3 rings (SSSR count). The minimum absolute atomic E-state index is 0.102. The molecule has 2 fully saturated rings. The third-order valence-electron chi connectivity index (χ3n) is 8.15. The van der Waals surface area contributed by atoms with E-state index in [1.807, 2.05) is 0 Å². The van der Waals surface area contributed by atoms with Crippen LogP contribution in [0.25, 0.3) is 0 Å². The molecule has 4 nitrogen and oxygen atoms in total. The first kappa shape index (κ1) is 18.3. The number of hydrogen-bond donors (Lipinski definition) is 1. The number of ketones is 1. The lowest BCUT2D eigenvalue weighted by Gasteiger charge is -2.63. The number of fused-ring (bicyclic) bond motifs is 3. The molecule has 0 aromatic carbocycles. The van der Waals surface area contributed by atoms with Gasteiger partial charge in [0.25, 0.3) is 0 Å². The van der Waals surface area contributed by atoms with E-state index in [4.69, 9.17) is 0 Å². The highest BCUT2D eigenvalue weighted by atomic mass is 16.4. The Balaban J connectivity index is 2.14. The van der Waals surface area contributed by atoms with E-state index in [9.17, 15) is 19.5 Å². The van der Waals surface area contributed by atoms with Gasteiger partial charge in [-0.25, -0.2) is 4.79 Å². The number of aldehydes is 1. The topological polar surface area (TPSA) is 71.4 Å². The van der Waals surface area contributed by atoms with E-state index >= 15 is 0 Å². The van der Waals surface area contributed by atoms with Gasteiger partial charge in [-0.2, -0.15) is 0 Å². The van der Waals surface area contributed by atoms with E-state index in [2.05, 4.69) is 27.7 Å². The second-order valence-electron chi connectivity index (χ2n) is 9.47. The van der Waals surface area contributed by atoms with Gasteiger partial charge in [-0.05, 0) is 60.7 Å². The number of carbonyl (C=O) groups is 3. The van der Waals surface area contributed by atoms with Gasteiger partial charge in [0.05, 0.1) is 5.41 Å². The molecule has 0 spiro atoms. The summed E-state index contributed by atoms with van der Waals surface area (Å²) >= 11 is 0. The van der Waals surface area contributed by atoms with Gasteiger partial charge in [0.15, 0.2) is 5.78 Å². The summed E-state index contributed by atoms with van der Waals surface area (Å²) in [6, 6.07) is 0. The first-order valence-electron chi connectivity index (χ1n) is 9.51. The molecule has 0 saturated heterocycles. The highest BCUT2D eigenvalue weighted by Gasteiger charge is 2.64. The number of carboxylic acids is 1. The minimum atomic E-state index is -1.04. The SMILES string of the molecule is CC1CCC(C)(C)C2CC[C@@]3(C=O)C(=O)CC(C(=O)O)=CC[C@@H]3[C@@]12C. The van der Waals surface area contributed by atoms with Crippen LogP contribution in [0.1, 0.15) is 66.2 Å². The molecule has 0 bridgehead atoms. The second-order valence-corrected chi connectivity index (χ2v) is 9.47. The molecule has 0 amide bonds. The zero-order valence-electron chi connectivity index (χ0n) is 15.8. The molecule has 5 atom stereocenters. The van der Waals surface area contributed by atoms with Crippen molar-refractivity contribution in [2.24, 2.45) is 34.0 Å². The van der Waals surface area contributed by atoms with Crippen molar-refractivity contribution < 1.29 is 19.5 Å². The van der Waals surface area contributed by atoms with Crippen LogP contribution in [0.4, 0.5) is 0 Å². The summed E-state index contributed by atoms with van der Waals surface area (Å²) in [6.45, 7) is 9.14. The van der Waals surface area contributed by atoms with Crippen LogP contribution in [0.5, 0.6) is 0 Å². The van der Waals surface area contributed by atoms with Crippen molar-refractivity contribution in [2.75, 3.05) is 0 Å². The summed E-state index contributed by atoms with van der Waals surface area (Å²) < 4.78 is 0. The lowest BCUT2D eigenvalue weighted by atomic mass is 9.40. The van der Waals surface area contributed by atoms with Crippen LogP contribution in [0.15, 0.2) is 11.6 Å². The van der Waals surface area contributed by atoms with Crippen LogP contribution in [-0.2, 0) is 14.4 Å². The van der Waals surface area contributed by atoms with Gasteiger partial charge in [-0.3, -0.25) is 4.79 Å². The number of Topliss-reactive ketones (excluding diaryl/α,β-unsaturated/α-hetero) is 1. The van der Waals surface area contributed by atoms with Crippen molar-refractivity contribution in [3.63, 3.8) is 0 Å². The average Bonchev–Trinajstić information content (AvgIpc) is 2.70. The van der Waals surface area contributed by atoms with Crippen LogP contribution in [0.2, 0.25) is 0 Å². The molecule has 0 aliphatic heterocycles. The van der Waals surface area contributed by atoms with Gasteiger partial charge in [0.2, 0.25) is 0 Å². The Morgan fingerprint density at radius 1 is 1.20 bits per heavy atom. The highest BCUT2D eigenvalue weighted by molar-refractivity contribution is 6.04. The highest BCUT2D eigenvalue weighted by Crippen LogP contribution is 2.67. The van der Waals surface area contributed by atoms with Crippen molar-refractivity contribution in [3.8, 4) is 0 Å². The van der Waals surface area contributed by atoms with E-state index < -0.39 is 11.4 Å². The maximum atomic E-state index is 13.1. The maximum absolute atomic E-state index is 13.1. The van der Waals surface area contributed by atoms with Gasteiger partial charge < -0.3 is 9.90 Å². The zero-order chi connectivity index (χ0) is 18.6. The summed E-state index contributed by atoms with van der Waals surface area (Å²) in [6.07, 6.45) is 6.68. The van der Waals surface area contributed by atoms with E-state index in [0.717, 1.165) is 19.1 Å². The number of carboxylic acid groups (broad SMARTS) is 1. The molecule has 25 heavy (non-hydrogen) atoms. The van der Waals surface area contributed by atoms with Crippen LogP contribution in [0, 0.1) is 34.0 Å². The van der Waals surface area contributed by atoms with Crippen molar-refractivity contribution in [1.29, 1.82) is 0 Å². The zero-order valence-corrected chi connectivity index (χ0v) is 15.8. The van der Waals surface area contributed by atoms with Gasteiger partial charge in [-0.1, -0.05) is 33.8 Å². The number of hydrogen-bond acceptors (Lipinski definition) is 3. The van der Waals surface area contributed by atoms with Crippen LogP contribution in [0.3, 0.4) is 0 Å². The summed E-state index contributed by atoms with van der Waals surface area (Å²) in [5.74, 6) is -0.451. The Morgan fingerprint density at radius 3 is 2.48 bits per heavy atom. The monoisotopic (exact) mass is 346 g/mol. The van der Waals surface area contributed by atoms with E-state index in [1.54, 1.807) is 6.08 Å². The lowest BCUT2D eigenvalue weighted by molar-refractivity contribution is -0.173. The molecule has 1 N–H and O–H groups in total. The van der Waals surface area contributed by atoms with Crippen molar-refractivity contribution in [2.45, 2.75) is 66.2 Å². The first-order chi connectivity index (χ1) is 11.6. The molecule has 4 heteroatoms. The van der Waals surface area contributed by atoms with Gasteiger partial charge in [-0.15, -0.1) is 0 Å². The minimum Gasteiger partial charge on any atom is -0.478 e. The third-order valence-corrected chi connectivity index (χ3v) is 8.15. The Labute approximate surface area is 150 Å². The lowest BCUT2D eigenvalue weighted by Crippen LogP contribution is -2.60. The van der Waals surface area contributed by atoms with Crippen LogP contribution >= 0.6 is 0 Å². The molecule has 0 heterocycles. The van der Waals surface area contributed by atoms with Crippen molar-refractivity contribution in [1.82, 2.24) is 0 Å². The standard InChI is InChI=1S/C21H30O4/c1-13-7-9-19(2,3)15-8-10-21(12-22)16(20(13,15)4)6-5-14(18(24)25)11-17(21)23/h5,12-13,15-16H,6-11H2,1-4H3,(H,24,25)/t13?,15?,16-,20+,21+/m1/s1. The quantitative estimate of drug-likeness (QED) is 0.605. The molecule has 0 radical (unpaired) electrons. The summed E-state index contributed by atoms with van der Waals surface area (Å²) in [7, 11) is 0. The smallest absolute Gasteiger partial charge is 0.331 e. The second kappa shape index (κ2) is 5.78. The Bertz CT molecular complexity index is 646. The molecule has 3 aliphatic carbocycles. The van der Waals surface area contributed by atoms with Gasteiger partial charge in [0, 0.05) is 12.0 Å². The number of rotatable bonds is 2. The summed E-state index contributed by atoms with van der Waals surface area (Å²) in [5, 5.41) is 9.39. The number of allylic oxidation sites excluding steroid dienone is 1. The molecule has 0 aromatic rings. The average molecular weight is 346 g/mol. The predicted octanol–water partition coefficient (Wildman–Crippen LogP) is 4.03. The molecule has 3 aliphatic rings. The number of carbonyl (C=O) groups excluding carboxylic acids is 2. The van der Waals surface area contributed by atoms with Gasteiger partial charge >= 0.3 is 5.97 Å². The largest absolute Gasteiger partial charge is 0.478 e. The van der Waals surface area contributed by atoms with Crippen LogP contribution in [-0.4, -0.2) is 23.1 Å². The Kier molecular flexibility index (Phi) is 4.24.